The molecule has 1 aromatic rings. The zero-order valence-electron chi connectivity index (χ0n) is 6.70. The largest absolute Gasteiger partial charge is 0.384 e. The lowest BCUT2D eigenvalue weighted by Gasteiger charge is -1.99. The SMILES string of the molecule is NC[C@H](O)c1n[nH]c(C2CC2)n1. The number of hydrogen-bond acceptors (Lipinski definition) is 4. The van der Waals surface area contributed by atoms with Gasteiger partial charge in [0.15, 0.2) is 5.82 Å². The van der Waals surface area contributed by atoms with E-state index in [-0.39, 0.29) is 6.54 Å². The van der Waals surface area contributed by atoms with Crippen LogP contribution in [0.5, 0.6) is 0 Å². The van der Waals surface area contributed by atoms with Crippen molar-refractivity contribution in [2.24, 2.45) is 5.73 Å². The molecule has 0 radical (unpaired) electrons. The number of aromatic nitrogens is 3. The maximum absolute atomic E-state index is 9.27. The van der Waals surface area contributed by atoms with Crippen molar-refractivity contribution >= 4 is 0 Å². The Morgan fingerprint density at radius 1 is 1.67 bits per heavy atom. The van der Waals surface area contributed by atoms with Crippen LogP contribution in [0.2, 0.25) is 0 Å². The smallest absolute Gasteiger partial charge is 0.180 e. The van der Waals surface area contributed by atoms with Gasteiger partial charge in [0, 0.05) is 12.5 Å². The molecule has 5 nitrogen and oxygen atoms in total. The average molecular weight is 168 g/mol. The molecule has 0 aromatic carbocycles. The van der Waals surface area contributed by atoms with Crippen LogP contribution < -0.4 is 5.73 Å². The second kappa shape index (κ2) is 2.84. The van der Waals surface area contributed by atoms with Gasteiger partial charge in [0.1, 0.15) is 11.9 Å². The van der Waals surface area contributed by atoms with Crippen molar-refractivity contribution in [2.45, 2.75) is 24.9 Å². The Labute approximate surface area is 70.0 Å². The summed E-state index contributed by atoms with van der Waals surface area (Å²) in [5.74, 6) is 1.84. The zero-order valence-corrected chi connectivity index (χ0v) is 6.70. The summed E-state index contributed by atoms with van der Waals surface area (Å²) in [5.41, 5.74) is 5.26. The molecule has 0 saturated heterocycles. The van der Waals surface area contributed by atoms with Crippen LogP contribution in [0.4, 0.5) is 0 Å². The number of H-pyrrole nitrogens is 1. The van der Waals surface area contributed by atoms with E-state index in [0.29, 0.717) is 11.7 Å². The third-order valence-corrected chi connectivity index (χ3v) is 2.01. The highest BCUT2D eigenvalue weighted by atomic mass is 16.3. The van der Waals surface area contributed by atoms with Crippen molar-refractivity contribution in [3.8, 4) is 0 Å². The second-order valence-corrected chi connectivity index (χ2v) is 3.10. The summed E-state index contributed by atoms with van der Waals surface area (Å²) in [7, 11) is 0. The first kappa shape index (κ1) is 7.70. The number of aliphatic hydroxyl groups is 1. The van der Waals surface area contributed by atoms with E-state index in [4.69, 9.17) is 5.73 Å². The highest BCUT2D eigenvalue weighted by molar-refractivity contribution is 5.06. The molecule has 1 heterocycles. The first-order valence-electron chi connectivity index (χ1n) is 4.11. The molecule has 1 atom stereocenters. The standard InChI is InChI=1S/C7H12N4O/c8-3-5(12)7-9-6(10-11-7)4-1-2-4/h4-5,12H,1-3,8H2,(H,9,10,11)/t5-/m0/s1. The maximum Gasteiger partial charge on any atom is 0.180 e. The predicted molar refractivity (Wildman–Crippen MR) is 42.4 cm³/mol. The number of hydrogen-bond donors (Lipinski definition) is 3. The molecule has 0 unspecified atom stereocenters. The van der Waals surface area contributed by atoms with Gasteiger partial charge >= 0.3 is 0 Å². The molecule has 1 aromatic heterocycles. The summed E-state index contributed by atoms with van der Waals surface area (Å²) in [5, 5.41) is 16.0. The van der Waals surface area contributed by atoms with E-state index in [2.05, 4.69) is 15.2 Å². The highest BCUT2D eigenvalue weighted by Crippen LogP contribution is 2.37. The summed E-state index contributed by atoms with van der Waals surface area (Å²) >= 11 is 0. The summed E-state index contributed by atoms with van der Waals surface area (Å²) in [6, 6.07) is 0. The molecule has 2 rings (SSSR count). The van der Waals surface area contributed by atoms with Crippen LogP contribution in [0.3, 0.4) is 0 Å². The molecule has 1 saturated carbocycles. The molecule has 0 aliphatic heterocycles. The van der Waals surface area contributed by atoms with Gasteiger partial charge in [-0.2, -0.15) is 5.10 Å². The van der Waals surface area contributed by atoms with Crippen molar-refractivity contribution < 1.29 is 5.11 Å². The fourth-order valence-electron chi connectivity index (χ4n) is 1.08. The van der Waals surface area contributed by atoms with Gasteiger partial charge in [-0.15, -0.1) is 0 Å². The van der Waals surface area contributed by atoms with E-state index >= 15 is 0 Å². The van der Waals surface area contributed by atoms with Crippen LogP contribution >= 0.6 is 0 Å². The first-order valence-corrected chi connectivity index (χ1v) is 4.11. The van der Waals surface area contributed by atoms with Crippen LogP contribution in [0.1, 0.15) is 36.5 Å². The summed E-state index contributed by atoms with van der Waals surface area (Å²) < 4.78 is 0. The van der Waals surface area contributed by atoms with Crippen molar-refractivity contribution in [3.63, 3.8) is 0 Å². The van der Waals surface area contributed by atoms with E-state index in [1.165, 1.54) is 12.8 Å². The number of nitrogens with zero attached hydrogens (tertiary/aromatic N) is 2. The van der Waals surface area contributed by atoms with Gasteiger partial charge in [-0.3, -0.25) is 5.10 Å². The van der Waals surface area contributed by atoms with E-state index in [0.717, 1.165) is 5.82 Å². The topological polar surface area (TPSA) is 87.8 Å². The van der Waals surface area contributed by atoms with Gasteiger partial charge in [0.25, 0.3) is 0 Å². The number of rotatable bonds is 3. The minimum atomic E-state index is -0.728. The number of nitrogens with one attached hydrogen (secondary N) is 1. The van der Waals surface area contributed by atoms with Crippen LogP contribution in [0.15, 0.2) is 0 Å². The Morgan fingerprint density at radius 3 is 3.00 bits per heavy atom. The molecule has 4 N–H and O–H groups in total. The Morgan fingerprint density at radius 2 is 2.42 bits per heavy atom. The molecular formula is C7H12N4O. The van der Waals surface area contributed by atoms with Crippen molar-refractivity contribution in [2.75, 3.05) is 6.54 Å². The van der Waals surface area contributed by atoms with Gasteiger partial charge in [-0.25, -0.2) is 4.98 Å². The molecule has 1 aliphatic carbocycles. The first-order chi connectivity index (χ1) is 5.81. The van der Waals surface area contributed by atoms with Gasteiger partial charge in [0.2, 0.25) is 0 Å². The molecule has 66 valence electrons. The van der Waals surface area contributed by atoms with Gasteiger partial charge in [0.05, 0.1) is 0 Å². The van der Waals surface area contributed by atoms with Crippen molar-refractivity contribution in [1.82, 2.24) is 15.2 Å². The highest BCUT2D eigenvalue weighted by Gasteiger charge is 2.27. The van der Waals surface area contributed by atoms with Crippen LogP contribution in [0.25, 0.3) is 0 Å². The minimum Gasteiger partial charge on any atom is -0.384 e. The fraction of sp³-hybridized carbons (Fsp3) is 0.714. The summed E-state index contributed by atoms with van der Waals surface area (Å²) in [4.78, 5) is 4.15. The Hall–Kier alpha value is -0.940. The Balaban J connectivity index is 2.12. The van der Waals surface area contributed by atoms with E-state index in [1.807, 2.05) is 0 Å². The van der Waals surface area contributed by atoms with Crippen molar-refractivity contribution in [1.29, 1.82) is 0 Å². The third kappa shape index (κ3) is 1.33. The summed E-state index contributed by atoms with van der Waals surface area (Å²) in [6.45, 7) is 0.169. The minimum absolute atomic E-state index is 0.169. The predicted octanol–water partition coefficient (Wildman–Crippen LogP) is -0.326. The van der Waals surface area contributed by atoms with Crippen molar-refractivity contribution in [3.05, 3.63) is 11.6 Å². The lowest BCUT2D eigenvalue weighted by atomic mass is 10.3. The monoisotopic (exact) mass is 168 g/mol. The molecule has 5 heteroatoms. The summed E-state index contributed by atoms with van der Waals surface area (Å²) in [6.07, 6.45) is 1.62. The molecule has 1 aliphatic rings. The molecule has 1 fully saturated rings. The van der Waals surface area contributed by atoms with Crippen LogP contribution in [0, 0.1) is 0 Å². The number of aromatic amines is 1. The normalized spacial score (nSPS) is 19.5. The molecule has 12 heavy (non-hydrogen) atoms. The van der Waals surface area contributed by atoms with Crippen LogP contribution in [-0.2, 0) is 0 Å². The quantitative estimate of drug-likeness (QED) is 0.577. The van der Waals surface area contributed by atoms with Gasteiger partial charge in [-0.05, 0) is 12.8 Å². The Kier molecular flexibility index (Phi) is 1.82. The zero-order chi connectivity index (χ0) is 8.55. The number of nitrogens with two attached hydrogens (primary N) is 1. The molecule has 0 bridgehead atoms. The fourth-order valence-corrected chi connectivity index (χ4v) is 1.08. The second-order valence-electron chi connectivity index (χ2n) is 3.10. The molecule has 0 spiro atoms. The number of aliphatic hydroxyl groups excluding tert-OH is 1. The molecule has 0 amide bonds. The molecular weight excluding hydrogens is 156 g/mol. The Bertz CT molecular complexity index is 268. The van der Waals surface area contributed by atoms with Crippen LogP contribution in [-0.4, -0.2) is 26.8 Å². The lowest BCUT2D eigenvalue weighted by Crippen LogP contribution is -2.12. The average Bonchev–Trinajstić information content (AvgIpc) is 2.83. The van der Waals surface area contributed by atoms with E-state index < -0.39 is 6.10 Å². The van der Waals surface area contributed by atoms with E-state index in [1.54, 1.807) is 0 Å². The van der Waals surface area contributed by atoms with Gasteiger partial charge in [-0.1, -0.05) is 0 Å². The lowest BCUT2D eigenvalue weighted by molar-refractivity contribution is 0.177. The van der Waals surface area contributed by atoms with E-state index in [9.17, 15) is 5.11 Å². The third-order valence-electron chi connectivity index (χ3n) is 2.01. The maximum atomic E-state index is 9.27. The van der Waals surface area contributed by atoms with Gasteiger partial charge < -0.3 is 10.8 Å².